The first kappa shape index (κ1) is 21.7. The molecule has 0 radical (unpaired) electrons. The third kappa shape index (κ3) is 4.68. The van der Waals surface area contributed by atoms with Crippen molar-refractivity contribution in [1.29, 1.82) is 0 Å². The number of rotatable bonds is 5. The maximum absolute atomic E-state index is 12.8. The second-order valence-electron chi connectivity index (χ2n) is 9.40. The summed E-state index contributed by atoms with van der Waals surface area (Å²) in [4.78, 5) is 43.5. The summed E-state index contributed by atoms with van der Waals surface area (Å²) in [5, 5.41) is 0. The first-order chi connectivity index (χ1) is 16.1. The number of anilines is 1. The molecule has 172 valence electrons. The minimum atomic E-state index is 0.0820. The number of hydrogen-bond acceptors (Lipinski definition) is 5. The van der Waals surface area contributed by atoms with Crippen LogP contribution < -0.4 is 4.90 Å². The minimum Gasteiger partial charge on any atom is -0.343 e. The molecule has 2 amide bonds. The van der Waals surface area contributed by atoms with E-state index >= 15 is 0 Å². The van der Waals surface area contributed by atoms with E-state index < -0.39 is 0 Å². The maximum Gasteiger partial charge on any atom is 0.228 e. The van der Waals surface area contributed by atoms with Gasteiger partial charge in [-0.3, -0.25) is 19.5 Å². The van der Waals surface area contributed by atoms with Crippen LogP contribution in [0.1, 0.15) is 67.2 Å². The second kappa shape index (κ2) is 9.41. The van der Waals surface area contributed by atoms with E-state index in [-0.39, 0.29) is 17.7 Å². The molecule has 2 aliphatic heterocycles. The maximum atomic E-state index is 12.8. The molecule has 4 heterocycles. The van der Waals surface area contributed by atoms with Crippen LogP contribution in [0.5, 0.6) is 0 Å². The quantitative estimate of drug-likeness (QED) is 0.656. The van der Waals surface area contributed by atoms with Crippen molar-refractivity contribution in [3.63, 3.8) is 0 Å². The minimum absolute atomic E-state index is 0.0820. The molecule has 2 aromatic rings. The van der Waals surface area contributed by atoms with Crippen LogP contribution in [0, 0.1) is 12.8 Å². The Morgan fingerprint density at radius 3 is 2.70 bits per heavy atom. The highest BCUT2D eigenvalue weighted by atomic mass is 16.2. The molecule has 0 aromatic carbocycles. The third-order valence-electron chi connectivity index (χ3n) is 7.16. The average Bonchev–Trinajstić information content (AvgIpc) is 3.34. The monoisotopic (exact) mass is 445 g/mol. The van der Waals surface area contributed by atoms with E-state index in [0.717, 1.165) is 67.4 Å². The van der Waals surface area contributed by atoms with Gasteiger partial charge in [-0.25, -0.2) is 9.97 Å². The van der Waals surface area contributed by atoms with Crippen LogP contribution in [0.3, 0.4) is 0 Å². The van der Waals surface area contributed by atoms with Gasteiger partial charge in [0.2, 0.25) is 11.8 Å². The van der Waals surface area contributed by atoms with Gasteiger partial charge in [0.05, 0.1) is 12.2 Å². The smallest absolute Gasteiger partial charge is 0.228 e. The molecule has 0 N–H and O–H groups in total. The second-order valence-corrected chi connectivity index (χ2v) is 9.40. The van der Waals surface area contributed by atoms with Crippen molar-refractivity contribution in [2.75, 3.05) is 18.0 Å². The Bertz CT molecular complexity index is 1060. The van der Waals surface area contributed by atoms with E-state index in [1.54, 1.807) is 11.1 Å². The molecule has 1 fully saturated rings. The Morgan fingerprint density at radius 1 is 1.12 bits per heavy atom. The summed E-state index contributed by atoms with van der Waals surface area (Å²) >= 11 is 0. The molecule has 2 aromatic heterocycles. The summed E-state index contributed by atoms with van der Waals surface area (Å²) in [5.41, 5.74) is 2.87. The summed E-state index contributed by atoms with van der Waals surface area (Å²) in [5.74, 6) is 2.50. The molecular weight excluding hydrogens is 414 g/mol. The fourth-order valence-corrected chi connectivity index (χ4v) is 5.21. The molecule has 0 saturated carbocycles. The molecule has 1 unspecified atom stereocenters. The van der Waals surface area contributed by atoms with Crippen LogP contribution in [0.25, 0.3) is 0 Å². The van der Waals surface area contributed by atoms with Crippen molar-refractivity contribution in [3.05, 3.63) is 59.3 Å². The number of carbonyl (C=O) groups excluding carboxylic acids is 2. The number of carbonyl (C=O) groups is 2. The van der Waals surface area contributed by atoms with E-state index in [2.05, 4.69) is 17.1 Å². The van der Waals surface area contributed by atoms with Crippen molar-refractivity contribution in [2.24, 2.45) is 5.92 Å². The van der Waals surface area contributed by atoms with Crippen molar-refractivity contribution < 1.29 is 9.59 Å². The number of allylic oxidation sites excluding steroid dienone is 2. The van der Waals surface area contributed by atoms with E-state index in [1.165, 1.54) is 0 Å². The highest BCUT2D eigenvalue weighted by molar-refractivity contribution is 5.95. The summed E-state index contributed by atoms with van der Waals surface area (Å²) < 4.78 is 0. The Balaban J connectivity index is 1.31. The normalized spacial score (nSPS) is 20.9. The number of fused-ring (bicyclic) bond motifs is 1. The lowest BCUT2D eigenvalue weighted by Gasteiger charge is -2.33. The number of nitrogens with zero attached hydrogens (tertiary/aromatic N) is 5. The molecule has 5 rings (SSSR count). The number of aryl methyl sites for hydroxylation is 1. The van der Waals surface area contributed by atoms with Crippen LogP contribution >= 0.6 is 0 Å². The van der Waals surface area contributed by atoms with Gasteiger partial charge in [-0.1, -0.05) is 18.2 Å². The Labute approximate surface area is 194 Å². The number of pyridine rings is 1. The summed E-state index contributed by atoms with van der Waals surface area (Å²) in [6.45, 7) is 3.93. The summed E-state index contributed by atoms with van der Waals surface area (Å²) in [7, 11) is 0. The van der Waals surface area contributed by atoms with Crippen LogP contribution in [-0.2, 0) is 22.6 Å². The van der Waals surface area contributed by atoms with Gasteiger partial charge in [-0.05, 0) is 57.1 Å². The Morgan fingerprint density at radius 2 is 1.97 bits per heavy atom. The standard InChI is InChI=1S/C26H31N5O2/c1-18-22-9-10-23(32)31(17-21-8-4-5-13-27-21)26(22)29-25(28-18)20-11-14-30(15-12-20)24(33)16-19-6-2-3-7-19/h2,4-6,8,13,19-20H,3,7,9-12,14-17H2,1H3. The number of hydrogen-bond donors (Lipinski definition) is 0. The topological polar surface area (TPSA) is 79.3 Å². The van der Waals surface area contributed by atoms with Crippen LogP contribution in [0.15, 0.2) is 36.5 Å². The summed E-state index contributed by atoms with van der Waals surface area (Å²) in [6.07, 6.45) is 11.8. The van der Waals surface area contributed by atoms with Crippen molar-refractivity contribution in [3.8, 4) is 0 Å². The molecular formula is C26H31N5O2. The van der Waals surface area contributed by atoms with Crippen LogP contribution in [0.4, 0.5) is 5.82 Å². The molecule has 3 aliphatic rings. The van der Waals surface area contributed by atoms with E-state index in [1.807, 2.05) is 30.0 Å². The average molecular weight is 446 g/mol. The van der Waals surface area contributed by atoms with E-state index in [9.17, 15) is 9.59 Å². The lowest BCUT2D eigenvalue weighted by atomic mass is 9.94. The lowest BCUT2D eigenvalue weighted by molar-refractivity contribution is -0.133. The van der Waals surface area contributed by atoms with Crippen molar-refractivity contribution in [2.45, 2.75) is 64.3 Å². The molecule has 1 atom stereocenters. The van der Waals surface area contributed by atoms with Crippen LogP contribution in [-0.4, -0.2) is 44.8 Å². The number of piperidine rings is 1. The highest BCUT2D eigenvalue weighted by Crippen LogP contribution is 2.33. The molecule has 7 heteroatoms. The molecule has 0 bridgehead atoms. The van der Waals surface area contributed by atoms with Crippen molar-refractivity contribution >= 4 is 17.6 Å². The molecule has 33 heavy (non-hydrogen) atoms. The molecule has 0 spiro atoms. The highest BCUT2D eigenvalue weighted by Gasteiger charge is 2.32. The summed E-state index contributed by atoms with van der Waals surface area (Å²) in [6, 6.07) is 5.75. The van der Waals surface area contributed by atoms with Gasteiger partial charge in [0.1, 0.15) is 11.6 Å². The van der Waals surface area contributed by atoms with Gasteiger partial charge >= 0.3 is 0 Å². The third-order valence-corrected chi connectivity index (χ3v) is 7.16. The fourth-order valence-electron chi connectivity index (χ4n) is 5.21. The molecule has 1 saturated heterocycles. The van der Waals surface area contributed by atoms with Crippen molar-refractivity contribution in [1.82, 2.24) is 19.9 Å². The zero-order valence-electron chi connectivity index (χ0n) is 19.2. The van der Waals surface area contributed by atoms with Gasteiger partial charge in [0, 0.05) is 49.3 Å². The van der Waals surface area contributed by atoms with Gasteiger partial charge in [-0.2, -0.15) is 0 Å². The Kier molecular flexibility index (Phi) is 6.20. The van der Waals surface area contributed by atoms with Gasteiger partial charge < -0.3 is 4.90 Å². The number of aromatic nitrogens is 3. The van der Waals surface area contributed by atoms with Gasteiger partial charge in [0.25, 0.3) is 0 Å². The SMILES string of the molecule is Cc1nc(C2CCN(C(=O)CC3C=CCC3)CC2)nc2c1CCC(=O)N2Cc1ccccn1. The zero-order valence-corrected chi connectivity index (χ0v) is 19.2. The predicted octanol–water partition coefficient (Wildman–Crippen LogP) is 3.72. The zero-order chi connectivity index (χ0) is 22.8. The van der Waals surface area contributed by atoms with E-state index in [4.69, 9.17) is 9.97 Å². The Hall–Kier alpha value is -3.09. The first-order valence-electron chi connectivity index (χ1n) is 12.1. The van der Waals surface area contributed by atoms with Crippen LogP contribution in [0.2, 0.25) is 0 Å². The molecule has 1 aliphatic carbocycles. The largest absolute Gasteiger partial charge is 0.343 e. The number of likely N-dealkylation sites (tertiary alicyclic amines) is 1. The van der Waals surface area contributed by atoms with E-state index in [0.29, 0.717) is 31.7 Å². The number of amides is 2. The predicted molar refractivity (Wildman–Crippen MR) is 126 cm³/mol. The fraction of sp³-hybridized carbons (Fsp3) is 0.500. The van der Waals surface area contributed by atoms with Gasteiger partial charge in [0.15, 0.2) is 0 Å². The first-order valence-corrected chi connectivity index (χ1v) is 12.1. The molecule has 7 nitrogen and oxygen atoms in total. The lowest BCUT2D eigenvalue weighted by Crippen LogP contribution is -2.39. The van der Waals surface area contributed by atoms with Gasteiger partial charge in [-0.15, -0.1) is 0 Å².